The second-order valence-electron chi connectivity index (χ2n) is 4.41. The molecule has 0 heterocycles. The van der Waals surface area contributed by atoms with E-state index in [1.165, 1.54) is 18.2 Å². The first-order chi connectivity index (χ1) is 11.1. The van der Waals surface area contributed by atoms with Gasteiger partial charge in [0, 0.05) is 29.1 Å². The first kappa shape index (κ1) is 23.4. The van der Waals surface area contributed by atoms with Gasteiger partial charge in [0.2, 0.25) is 0 Å². The van der Waals surface area contributed by atoms with Gasteiger partial charge in [0.1, 0.15) is 5.75 Å². The van der Waals surface area contributed by atoms with Gasteiger partial charge in [-0.15, -0.1) is 0 Å². The van der Waals surface area contributed by atoms with Crippen molar-refractivity contribution in [1.82, 2.24) is 0 Å². The largest absolute Gasteiger partial charge is 1.00 e. The number of carboxylic acids is 1. The Morgan fingerprint density at radius 3 is 2.00 bits per heavy atom. The zero-order valence-corrected chi connectivity index (χ0v) is 21.4. The third-order valence-corrected chi connectivity index (χ3v) is 7.97. The van der Waals surface area contributed by atoms with Crippen molar-refractivity contribution < 1.29 is 49.4 Å². The Balaban J connectivity index is 0.00000312. The summed E-state index contributed by atoms with van der Waals surface area (Å²) in [4.78, 5) is 24.1. The van der Waals surface area contributed by atoms with Crippen molar-refractivity contribution in [1.29, 1.82) is 0 Å². The molecule has 5 nitrogen and oxygen atoms in total. The van der Waals surface area contributed by atoms with E-state index in [0.29, 0.717) is 8.95 Å². The zero-order valence-electron chi connectivity index (χ0n) is 12.3. The predicted molar refractivity (Wildman–Crippen MR) is 103 cm³/mol. The van der Waals surface area contributed by atoms with Gasteiger partial charge in [-0.2, -0.15) is 0 Å². The van der Waals surface area contributed by atoms with Crippen LogP contribution in [0.25, 0.3) is 0 Å². The van der Waals surface area contributed by atoms with Crippen molar-refractivity contribution in [3.8, 4) is 5.75 Å². The average Bonchev–Trinajstić information content (AvgIpc) is 2.51. The maximum atomic E-state index is 12.6. The van der Waals surface area contributed by atoms with Crippen LogP contribution in [0.15, 0.2) is 36.1 Å². The van der Waals surface area contributed by atoms with Crippen LogP contribution in [-0.2, 0) is 0 Å². The van der Waals surface area contributed by atoms with Crippen molar-refractivity contribution in [3.05, 3.63) is 52.2 Å². The number of benzene rings is 2. The van der Waals surface area contributed by atoms with Crippen molar-refractivity contribution in [2.24, 2.45) is 0 Å². The maximum Gasteiger partial charge on any atom is 1.00 e. The van der Waals surface area contributed by atoms with Gasteiger partial charge in [-0.3, -0.25) is 4.79 Å². The fourth-order valence-electron chi connectivity index (χ4n) is 1.81. The van der Waals surface area contributed by atoms with Gasteiger partial charge in [0.15, 0.2) is 0 Å². The number of phenols is 1. The molecule has 0 aromatic heterocycles. The minimum absolute atomic E-state index is 0. The van der Waals surface area contributed by atoms with Gasteiger partial charge in [0.25, 0.3) is 5.91 Å². The summed E-state index contributed by atoms with van der Waals surface area (Å²) in [6.45, 7) is 0. The van der Waals surface area contributed by atoms with Crippen molar-refractivity contribution in [3.63, 3.8) is 0 Å². The number of carbonyl (C=O) groups is 2. The molecule has 0 aliphatic heterocycles. The normalized spacial score (nSPS) is 10.1. The fraction of sp³-hybridized carbons (Fsp3) is 0. The molecule has 0 aliphatic carbocycles. The summed E-state index contributed by atoms with van der Waals surface area (Å²) in [5.41, 5.74) is -0.172. The average molecular weight is 629 g/mol. The molecule has 11 heteroatoms. The van der Waals surface area contributed by atoms with Crippen LogP contribution in [0, 0.1) is 0 Å². The van der Waals surface area contributed by atoms with Crippen LogP contribution >= 0.6 is 75.3 Å². The summed E-state index contributed by atoms with van der Waals surface area (Å²) in [7, 11) is 0. The number of phenolic OH excluding ortho intramolecular Hbond substituents is 1. The number of carboxylic acid groups (broad SMARTS) is 1. The maximum absolute atomic E-state index is 12.6. The second kappa shape index (κ2) is 9.54. The second-order valence-corrected chi connectivity index (χ2v) is 7.99. The molecule has 126 valence electrons. The van der Waals surface area contributed by atoms with Crippen LogP contribution in [0.5, 0.6) is 5.75 Å². The quantitative estimate of drug-likeness (QED) is 0.235. The number of carbonyl (C=O) groups excluding carboxylic acids is 2. The van der Waals surface area contributed by atoms with E-state index >= 15 is 0 Å². The van der Waals surface area contributed by atoms with Gasteiger partial charge >= 0.3 is 29.6 Å². The number of nitrogens with one attached hydrogen (secondary N) is 1. The van der Waals surface area contributed by atoms with E-state index in [1.807, 2.05) is 0 Å². The van der Waals surface area contributed by atoms with E-state index in [1.54, 1.807) is 0 Å². The van der Waals surface area contributed by atoms with Crippen LogP contribution in [0.4, 0.5) is 5.69 Å². The number of hydrogen-bond donors (Lipinski definition) is 2. The summed E-state index contributed by atoms with van der Waals surface area (Å²) in [5.74, 6) is -2.36. The van der Waals surface area contributed by atoms with Crippen LogP contribution < -0.4 is 40.0 Å². The van der Waals surface area contributed by atoms with E-state index in [2.05, 4.69) is 69.0 Å². The molecule has 0 fully saturated rings. The molecule has 2 aromatic carbocycles. The molecule has 0 unspecified atom stereocenters. The number of amides is 1. The summed E-state index contributed by atoms with van der Waals surface area (Å²) in [6.07, 6.45) is 0. The molecular formula is C14H5Br4ClNNaO4. The molecule has 0 bridgehead atoms. The summed E-state index contributed by atoms with van der Waals surface area (Å²) >= 11 is 18.6. The van der Waals surface area contributed by atoms with Gasteiger partial charge in [0.05, 0.1) is 16.6 Å². The Hall–Kier alpha value is 0.390. The third-order valence-electron chi connectivity index (χ3n) is 2.90. The van der Waals surface area contributed by atoms with Gasteiger partial charge < -0.3 is 20.3 Å². The summed E-state index contributed by atoms with van der Waals surface area (Å²) < 4.78 is 1.26. The Morgan fingerprint density at radius 2 is 1.52 bits per heavy atom. The predicted octanol–water partition coefficient (Wildman–Crippen LogP) is 1.72. The Kier molecular flexibility index (Phi) is 8.95. The molecule has 2 rings (SSSR count). The van der Waals surface area contributed by atoms with Crippen LogP contribution in [-0.4, -0.2) is 17.0 Å². The van der Waals surface area contributed by atoms with E-state index < -0.39 is 11.9 Å². The van der Waals surface area contributed by atoms with Gasteiger partial charge in [-0.1, -0.05) is 11.6 Å². The molecule has 2 N–H and O–H groups in total. The van der Waals surface area contributed by atoms with Crippen LogP contribution in [0.3, 0.4) is 0 Å². The number of hydrogen-bond acceptors (Lipinski definition) is 4. The number of halogens is 5. The summed E-state index contributed by atoms with van der Waals surface area (Å²) in [6, 6.07) is 4.07. The zero-order chi connectivity index (χ0) is 18.2. The van der Waals surface area contributed by atoms with E-state index in [9.17, 15) is 19.8 Å². The van der Waals surface area contributed by atoms with Gasteiger partial charge in [-0.25, -0.2) is 0 Å². The van der Waals surface area contributed by atoms with Crippen molar-refractivity contribution in [2.45, 2.75) is 0 Å². The molecule has 0 radical (unpaired) electrons. The minimum atomic E-state index is -1.52. The number of aromatic carboxylic acids is 1. The Labute approximate surface area is 203 Å². The van der Waals surface area contributed by atoms with Crippen molar-refractivity contribution in [2.75, 3.05) is 5.32 Å². The summed E-state index contributed by atoms with van der Waals surface area (Å²) in [5, 5.41) is 23.5. The van der Waals surface area contributed by atoms with E-state index in [0.717, 1.165) is 0 Å². The van der Waals surface area contributed by atoms with E-state index in [4.69, 9.17) is 11.6 Å². The number of aromatic hydroxyl groups is 1. The number of rotatable bonds is 3. The standard InChI is InChI=1S/C14H6Br4ClNO4.Na/c15-9-7(8(14(23)24)10(16)12(18)11(9)17)13(22)20-4-1-2-6(21)5(19)3-4;/h1-3,21H,(H,20,22)(H,23,24);/q;+1/p-1. The smallest absolute Gasteiger partial charge is 0.545 e. The van der Waals surface area contributed by atoms with Crippen LogP contribution in [0.2, 0.25) is 5.02 Å². The number of anilines is 1. The minimum Gasteiger partial charge on any atom is -0.545 e. The van der Waals surface area contributed by atoms with Gasteiger partial charge in [-0.05, 0) is 81.9 Å². The Morgan fingerprint density at radius 1 is 1.00 bits per heavy atom. The van der Waals surface area contributed by atoms with E-state index in [-0.39, 0.29) is 66.1 Å². The molecule has 0 atom stereocenters. The first-order valence-electron chi connectivity index (χ1n) is 6.02. The van der Waals surface area contributed by atoms with Crippen LogP contribution in [0.1, 0.15) is 20.7 Å². The molecule has 0 spiro atoms. The molecule has 0 aliphatic rings. The molecule has 0 saturated heterocycles. The SMILES string of the molecule is O=C([O-])c1c(Br)c(Br)c(Br)c(Br)c1C(=O)Nc1ccc(O)c(Cl)c1.[Na+]. The van der Waals surface area contributed by atoms with Crippen molar-refractivity contribution >= 4 is 92.9 Å². The monoisotopic (exact) mass is 625 g/mol. The molecule has 2 aromatic rings. The Bertz CT molecular complexity index is 879. The first-order valence-corrected chi connectivity index (χ1v) is 9.57. The third kappa shape index (κ3) is 5.01. The molecule has 25 heavy (non-hydrogen) atoms. The molecule has 0 saturated carbocycles. The fourth-order valence-corrected chi connectivity index (χ4v) is 4.46. The topological polar surface area (TPSA) is 89.5 Å². The molecule has 1 amide bonds. The molecular weight excluding hydrogens is 624 g/mol.